The van der Waals surface area contributed by atoms with Gasteiger partial charge >= 0.3 is 6.09 Å². The Morgan fingerprint density at radius 1 is 1.00 bits per heavy atom. The Kier molecular flexibility index (Phi) is 10.7. The number of hydrogen-bond acceptors (Lipinski definition) is 9. The second kappa shape index (κ2) is 15.3. The van der Waals surface area contributed by atoms with Gasteiger partial charge in [-0.25, -0.2) is 13.2 Å². The second-order valence-corrected chi connectivity index (χ2v) is 18.1. The summed E-state index contributed by atoms with van der Waals surface area (Å²) < 4.78 is 42.0. The molecule has 1 aromatic heterocycles. The van der Waals surface area contributed by atoms with Crippen LogP contribution in [0.5, 0.6) is 6.01 Å². The summed E-state index contributed by atoms with van der Waals surface area (Å²) in [5.74, 6) is -2.30. The maximum Gasteiger partial charge on any atom is 0.408 e. The van der Waals surface area contributed by atoms with E-state index in [1.54, 1.807) is 20.8 Å². The number of fused-ring (bicyclic) bond motifs is 3. The number of para-hydroxylation sites is 2. The molecule has 14 nitrogen and oxygen atoms in total. The van der Waals surface area contributed by atoms with Crippen molar-refractivity contribution in [3.05, 3.63) is 72.3 Å². The first kappa shape index (κ1) is 38.4. The minimum absolute atomic E-state index is 0.00342. The van der Waals surface area contributed by atoms with Crippen molar-refractivity contribution in [2.24, 2.45) is 5.92 Å². The van der Waals surface area contributed by atoms with E-state index in [4.69, 9.17) is 14.5 Å². The summed E-state index contributed by atoms with van der Waals surface area (Å²) >= 11 is 0. The number of carbonyl (C=O) groups is 4. The number of nitrogens with one attached hydrogen (secondary N) is 3. The van der Waals surface area contributed by atoms with E-state index in [1.807, 2.05) is 71.3 Å². The number of alkyl carbamates (subject to hydrolysis) is 1. The summed E-state index contributed by atoms with van der Waals surface area (Å²) in [6.07, 6.45) is 6.82. The highest BCUT2D eigenvalue weighted by molar-refractivity contribution is 7.91. The van der Waals surface area contributed by atoms with Crippen molar-refractivity contribution in [1.29, 1.82) is 0 Å². The van der Waals surface area contributed by atoms with Gasteiger partial charge in [0.25, 0.3) is 11.9 Å². The summed E-state index contributed by atoms with van der Waals surface area (Å²) in [6, 6.07) is 15.7. The maximum atomic E-state index is 14.6. The van der Waals surface area contributed by atoms with Crippen LogP contribution >= 0.6 is 0 Å². The van der Waals surface area contributed by atoms with Gasteiger partial charge in [0, 0.05) is 12.3 Å². The van der Waals surface area contributed by atoms with Crippen LogP contribution in [-0.2, 0) is 35.7 Å². The molecule has 4 aliphatic rings. The number of hydrogen-bond donors (Lipinski definition) is 3. The Morgan fingerprint density at radius 3 is 2.49 bits per heavy atom. The van der Waals surface area contributed by atoms with Crippen LogP contribution in [0.3, 0.4) is 0 Å². The van der Waals surface area contributed by atoms with Crippen LogP contribution in [0.2, 0.25) is 0 Å². The first-order valence-corrected chi connectivity index (χ1v) is 20.8. The molecule has 0 unspecified atom stereocenters. The lowest BCUT2D eigenvalue weighted by Crippen LogP contribution is -2.58. The van der Waals surface area contributed by atoms with Crippen molar-refractivity contribution in [1.82, 2.24) is 29.8 Å². The Balaban J connectivity index is 1.20. The zero-order valence-corrected chi connectivity index (χ0v) is 32.3. The average Bonchev–Trinajstić information content (AvgIpc) is 4.03. The van der Waals surface area contributed by atoms with E-state index < -0.39 is 74.3 Å². The number of imidazole rings is 1. The fraction of sp³-hybridized carbons (Fsp3) is 0.525. The van der Waals surface area contributed by atoms with E-state index in [0.717, 1.165) is 29.4 Å². The number of sulfonamides is 1. The van der Waals surface area contributed by atoms with Gasteiger partial charge in [-0.05, 0) is 77.0 Å². The first-order chi connectivity index (χ1) is 26.2. The Morgan fingerprint density at radius 2 is 1.75 bits per heavy atom. The molecular formula is C40H50N6O8S. The topological polar surface area (TPSA) is 178 Å². The third kappa shape index (κ3) is 8.82. The van der Waals surface area contributed by atoms with Crippen LogP contribution < -0.4 is 20.1 Å². The number of amides is 4. The molecule has 2 saturated carbocycles. The summed E-state index contributed by atoms with van der Waals surface area (Å²) in [4.78, 5) is 62.0. The minimum Gasteiger partial charge on any atom is -0.459 e. The summed E-state index contributed by atoms with van der Waals surface area (Å²) in [5, 5.41) is 5.04. The molecule has 5 atom stereocenters. The van der Waals surface area contributed by atoms with Gasteiger partial charge in [-0.3, -0.25) is 23.7 Å². The molecule has 3 aromatic rings. The fourth-order valence-electron chi connectivity index (χ4n) is 7.51. The van der Waals surface area contributed by atoms with Crippen molar-refractivity contribution in [3.8, 4) is 6.01 Å². The molecule has 2 aliphatic carbocycles. The number of aromatic nitrogens is 2. The molecule has 0 radical (unpaired) electrons. The van der Waals surface area contributed by atoms with Gasteiger partial charge in [0.05, 0.1) is 29.4 Å². The van der Waals surface area contributed by atoms with Gasteiger partial charge in [0.2, 0.25) is 21.8 Å². The molecule has 0 bridgehead atoms. The monoisotopic (exact) mass is 774 g/mol. The van der Waals surface area contributed by atoms with Crippen molar-refractivity contribution >= 4 is 44.9 Å². The van der Waals surface area contributed by atoms with Crippen LogP contribution in [-0.4, -0.2) is 87.8 Å². The number of allylic oxidation sites excluding steroid dienone is 1. The molecule has 55 heavy (non-hydrogen) atoms. The summed E-state index contributed by atoms with van der Waals surface area (Å²) in [7, 11) is -3.89. The molecule has 3 N–H and O–H groups in total. The third-order valence-corrected chi connectivity index (χ3v) is 12.4. The Hall–Kier alpha value is -4.92. The Bertz CT molecular complexity index is 2070. The molecular weight excluding hydrogens is 725 g/mol. The molecule has 2 aliphatic heterocycles. The Labute approximate surface area is 321 Å². The minimum atomic E-state index is -3.89. The van der Waals surface area contributed by atoms with Crippen LogP contribution in [0.4, 0.5) is 4.79 Å². The third-order valence-electron chi connectivity index (χ3n) is 10.6. The lowest BCUT2D eigenvalue weighted by atomic mass is 10.0. The first-order valence-electron chi connectivity index (χ1n) is 19.2. The normalized spacial score (nSPS) is 26.2. The number of nitrogens with zero attached hydrogens (tertiary/aromatic N) is 3. The standard InChI is InChI=1S/C40H50N6O8S/c1-39(2,3)54-38(50)42-31-18-11-6-4-5-10-16-27-23-40(27,36(49)44-55(51,52)29-20-21-29)43-34(47)33-22-28(25-45(33)35(31)48)53-37-41-30-17-12-13-19-32(30)46(37)24-26-14-8-7-9-15-26/h7-10,12-17,19,27-29,31,33H,4-6,11,18,20-25H2,1-3H3,(H,42,50)(H,43,47)(H,44,49)/t27-,28-,31+,33+,40-/m1/s1. The molecule has 3 heterocycles. The van der Waals surface area contributed by atoms with E-state index in [0.29, 0.717) is 44.7 Å². The van der Waals surface area contributed by atoms with E-state index in [-0.39, 0.29) is 19.4 Å². The van der Waals surface area contributed by atoms with E-state index in [2.05, 4.69) is 15.4 Å². The van der Waals surface area contributed by atoms with Gasteiger partial charge in [-0.15, -0.1) is 0 Å². The van der Waals surface area contributed by atoms with Crippen LogP contribution in [0.1, 0.15) is 84.1 Å². The smallest absolute Gasteiger partial charge is 0.408 e. The zero-order valence-electron chi connectivity index (χ0n) is 31.5. The van der Waals surface area contributed by atoms with E-state index in [9.17, 15) is 27.6 Å². The lowest BCUT2D eigenvalue weighted by molar-refractivity contribution is -0.141. The fourth-order valence-corrected chi connectivity index (χ4v) is 8.87. The van der Waals surface area contributed by atoms with E-state index >= 15 is 0 Å². The number of rotatable bonds is 8. The van der Waals surface area contributed by atoms with Crippen molar-refractivity contribution in [2.45, 2.75) is 120 Å². The molecule has 0 spiro atoms. The van der Waals surface area contributed by atoms with E-state index in [1.165, 1.54) is 4.90 Å². The van der Waals surface area contributed by atoms with Gasteiger partial charge in [0.1, 0.15) is 29.3 Å². The highest BCUT2D eigenvalue weighted by Crippen LogP contribution is 2.46. The molecule has 1 saturated heterocycles. The molecule has 2 aromatic carbocycles. The molecule has 7 rings (SSSR count). The molecule has 4 amide bonds. The maximum absolute atomic E-state index is 14.6. The highest BCUT2D eigenvalue weighted by Gasteiger charge is 2.62. The quantitative estimate of drug-likeness (QED) is 0.281. The zero-order chi connectivity index (χ0) is 39.0. The van der Waals surface area contributed by atoms with Crippen molar-refractivity contribution < 1.29 is 37.1 Å². The SMILES string of the molecule is CC(C)(C)OC(=O)N[C@H]1CCCCCC=C[C@@H]2C[C@@]2(C(=O)NS(=O)(=O)C2CC2)NC(=O)[C@@H]2C[C@@H](Oc3nc4ccccc4n3Cc3ccccc3)CN2C1=O. The van der Waals surface area contributed by atoms with Crippen LogP contribution in [0.25, 0.3) is 11.0 Å². The molecule has 294 valence electrons. The van der Waals surface area contributed by atoms with Gasteiger partial charge < -0.3 is 25.0 Å². The average molecular weight is 775 g/mol. The number of carbonyl (C=O) groups excluding carboxylic acids is 4. The lowest BCUT2D eigenvalue weighted by Gasteiger charge is -2.30. The van der Waals surface area contributed by atoms with Crippen molar-refractivity contribution in [2.75, 3.05) is 6.54 Å². The van der Waals surface area contributed by atoms with Gasteiger partial charge in [-0.1, -0.05) is 67.5 Å². The molecule has 15 heteroatoms. The van der Waals surface area contributed by atoms with Crippen molar-refractivity contribution in [3.63, 3.8) is 0 Å². The van der Waals surface area contributed by atoms with Gasteiger partial charge in [0.15, 0.2) is 0 Å². The second-order valence-electron chi connectivity index (χ2n) is 16.1. The largest absolute Gasteiger partial charge is 0.459 e. The predicted octanol–water partition coefficient (Wildman–Crippen LogP) is 4.33. The highest BCUT2D eigenvalue weighted by atomic mass is 32.2. The van der Waals surface area contributed by atoms with Crippen LogP contribution in [0.15, 0.2) is 66.7 Å². The number of benzene rings is 2. The van der Waals surface area contributed by atoms with Crippen LogP contribution in [0, 0.1) is 5.92 Å². The summed E-state index contributed by atoms with van der Waals surface area (Å²) in [6.45, 7) is 5.67. The number of ether oxygens (including phenoxy) is 2. The summed E-state index contributed by atoms with van der Waals surface area (Å²) in [5.41, 5.74) is 0.300. The molecule has 3 fully saturated rings. The predicted molar refractivity (Wildman–Crippen MR) is 204 cm³/mol. The van der Waals surface area contributed by atoms with Gasteiger partial charge in [-0.2, -0.15) is 4.98 Å².